The van der Waals surface area contributed by atoms with Crippen LogP contribution in [0.25, 0.3) is 22.5 Å². The molecule has 3 fully saturated rings. The van der Waals surface area contributed by atoms with Gasteiger partial charge in [0.15, 0.2) is 17.2 Å². The van der Waals surface area contributed by atoms with Crippen LogP contribution in [-0.4, -0.2) is 103 Å². The molecule has 5 aromatic rings. The fourth-order valence-corrected chi connectivity index (χ4v) is 8.85. The van der Waals surface area contributed by atoms with E-state index in [9.17, 15) is 28.0 Å². The van der Waals surface area contributed by atoms with E-state index in [0.29, 0.717) is 31.6 Å². The van der Waals surface area contributed by atoms with Crippen molar-refractivity contribution < 1.29 is 32.3 Å². The maximum atomic E-state index is 14.1. The number of aromatic nitrogens is 6. The fraction of sp³-hybridized carbons (Fsp3) is 0.533. The summed E-state index contributed by atoms with van der Waals surface area (Å²) in [6, 6.07) is 8.77. The van der Waals surface area contributed by atoms with Crippen LogP contribution in [0.5, 0.6) is 0 Å². The monoisotopic (exact) mass is 855 g/mol. The average molecular weight is 856 g/mol. The molecule has 330 valence electrons. The number of rotatable bonds is 19. The Bertz CT molecular complexity index is 2440. The number of para-hydroxylation sites is 1. The van der Waals surface area contributed by atoms with Crippen LogP contribution in [0.3, 0.4) is 0 Å². The van der Waals surface area contributed by atoms with Gasteiger partial charge in [-0.05, 0) is 88.1 Å². The third-order valence-corrected chi connectivity index (χ3v) is 12.4. The van der Waals surface area contributed by atoms with Crippen LogP contribution in [0.15, 0.2) is 58.2 Å². The third kappa shape index (κ3) is 10.1. The van der Waals surface area contributed by atoms with Crippen molar-refractivity contribution in [1.29, 1.82) is 0 Å². The molecule has 1 saturated heterocycles. The number of nitrogens with one attached hydrogen (secondary N) is 1. The first-order valence-corrected chi connectivity index (χ1v) is 21.8. The van der Waals surface area contributed by atoms with E-state index in [2.05, 4.69) is 37.2 Å². The lowest BCUT2D eigenvalue weighted by atomic mass is 9.92. The zero-order valence-corrected chi connectivity index (χ0v) is 35.4. The number of carbonyl (C=O) groups excluding carboxylic acids is 3. The molecule has 4 aromatic heterocycles. The number of pyridine rings is 1. The van der Waals surface area contributed by atoms with E-state index in [-0.39, 0.29) is 47.0 Å². The van der Waals surface area contributed by atoms with Gasteiger partial charge in [-0.2, -0.15) is 5.10 Å². The number of hydrogen-bond acceptors (Lipinski definition) is 11. The molecule has 5 heterocycles. The molecule has 1 atom stereocenters. The van der Waals surface area contributed by atoms with Crippen LogP contribution in [0.1, 0.15) is 110 Å². The van der Waals surface area contributed by atoms with E-state index < -0.39 is 24.1 Å². The number of imidazole rings is 1. The van der Waals surface area contributed by atoms with Crippen LogP contribution >= 0.6 is 0 Å². The number of halogens is 2. The van der Waals surface area contributed by atoms with E-state index in [1.54, 1.807) is 33.1 Å². The van der Waals surface area contributed by atoms with Gasteiger partial charge in [-0.1, -0.05) is 25.0 Å². The Kier molecular flexibility index (Phi) is 13.5. The highest BCUT2D eigenvalue weighted by Gasteiger charge is 2.32. The summed E-state index contributed by atoms with van der Waals surface area (Å²) in [5.41, 5.74) is 3.42. The van der Waals surface area contributed by atoms with Gasteiger partial charge in [0.2, 0.25) is 5.89 Å². The van der Waals surface area contributed by atoms with E-state index in [0.717, 1.165) is 99.5 Å². The molecule has 0 unspecified atom stereocenters. The van der Waals surface area contributed by atoms with Gasteiger partial charge in [-0.25, -0.2) is 18.6 Å². The smallest absolute Gasteiger partial charge is 0.329 e. The van der Waals surface area contributed by atoms with Crippen LogP contribution < -0.4 is 11.0 Å². The van der Waals surface area contributed by atoms with Crippen LogP contribution in [0.2, 0.25) is 0 Å². The highest BCUT2D eigenvalue weighted by molar-refractivity contribution is 6.04. The number of aryl methyl sites for hydroxylation is 3. The first-order valence-electron chi connectivity index (χ1n) is 21.8. The lowest BCUT2D eigenvalue weighted by Crippen LogP contribution is -2.41. The maximum absolute atomic E-state index is 14.1. The van der Waals surface area contributed by atoms with Crippen LogP contribution in [-0.2, 0) is 34.2 Å². The largest absolute Gasteiger partial charge is 0.444 e. The normalized spacial score (nSPS) is 17.9. The van der Waals surface area contributed by atoms with E-state index in [1.807, 2.05) is 24.3 Å². The Labute approximate surface area is 358 Å². The summed E-state index contributed by atoms with van der Waals surface area (Å²) in [4.78, 5) is 64.2. The van der Waals surface area contributed by atoms with Gasteiger partial charge < -0.3 is 14.5 Å². The molecule has 2 aliphatic carbocycles. The topological polar surface area (TPSA) is 163 Å². The van der Waals surface area contributed by atoms with Gasteiger partial charge in [0.1, 0.15) is 12.0 Å². The van der Waals surface area contributed by atoms with Crippen molar-refractivity contribution in [3.8, 4) is 11.5 Å². The van der Waals surface area contributed by atoms with Crippen LogP contribution in [0, 0.1) is 5.92 Å². The summed E-state index contributed by atoms with van der Waals surface area (Å²) in [6.07, 6.45) is 10.4. The Morgan fingerprint density at radius 1 is 1.05 bits per heavy atom. The second-order valence-corrected chi connectivity index (χ2v) is 17.1. The summed E-state index contributed by atoms with van der Waals surface area (Å²) in [6.45, 7) is 4.34. The van der Waals surface area contributed by atoms with Gasteiger partial charge >= 0.3 is 5.69 Å². The van der Waals surface area contributed by atoms with Gasteiger partial charge in [0, 0.05) is 70.0 Å². The summed E-state index contributed by atoms with van der Waals surface area (Å²) >= 11 is 0. The summed E-state index contributed by atoms with van der Waals surface area (Å²) < 4.78 is 44.6. The summed E-state index contributed by atoms with van der Waals surface area (Å²) in [7, 11) is 3.80. The second kappa shape index (κ2) is 19.3. The number of piperidine rings is 1. The van der Waals surface area contributed by atoms with Crippen molar-refractivity contribution in [1.82, 2.24) is 38.7 Å². The van der Waals surface area contributed by atoms with Gasteiger partial charge in [-0.3, -0.25) is 43.0 Å². The number of ether oxygens (including phenoxy) is 1. The molecule has 17 heteroatoms. The number of likely N-dealkylation sites (tertiary alicyclic amines) is 1. The minimum absolute atomic E-state index is 0.0172. The number of fused-ring (bicyclic) bond motifs is 1. The Balaban J connectivity index is 0.752. The zero-order chi connectivity index (χ0) is 43.3. The molecule has 0 bridgehead atoms. The molecule has 62 heavy (non-hydrogen) atoms. The van der Waals surface area contributed by atoms with Crippen molar-refractivity contribution in [2.24, 2.45) is 13.0 Å². The van der Waals surface area contributed by atoms with E-state index >= 15 is 0 Å². The van der Waals surface area contributed by atoms with Crippen molar-refractivity contribution >= 4 is 34.2 Å². The zero-order valence-electron chi connectivity index (χ0n) is 35.4. The minimum Gasteiger partial charge on any atom is -0.444 e. The number of hydrogen-bond donors (Lipinski definition) is 1. The first kappa shape index (κ1) is 43.3. The lowest BCUT2D eigenvalue weighted by molar-refractivity contribution is -0.132. The summed E-state index contributed by atoms with van der Waals surface area (Å²) in [5.74, 6) is 0.121. The molecule has 3 aliphatic rings. The molecule has 1 N–H and O–H groups in total. The molecular weight excluding hydrogens is 801 g/mol. The number of carbonyl (C=O) groups is 3. The molecule has 0 spiro atoms. The number of amides is 1. The number of anilines is 1. The first-order chi connectivity index (χ1) is 30.0. The van der Waals surface area contributed by atoms with Crippen molar-refractivity contribution in [2.75, 3.05) is 51.9 Å². The quantitative estimate of drug-likeness (QED) is 0.0709. The lowest BCUT2D eigenvalue weighted by Gasteiger charge is -2.34. The number of Topliss-reactive ketones (excluding diaryl/α,β-unsaturated/α-hetero) is 2. The Morgan fingerprint density at radius 3 is 2.63 bits per heavy atom. The predicted octanol–water partition coefficient (Wildman–Crippen LogP) is 6.55. The van der Waals surface area contributed by atoms with Gasteiger partial charge in [0.05, 0.1) is 41.9 Å². The van der Waals surface area contributed by atoms with Gasteiger partial charge in [-0.15, -0.1) is 0 Å². The minimum atomic E-state index is -2.87. The van der Waals surface area contributed by atoms with Crippen molar-refractivity contribution in [3.63, 3.8) is 0 Å². The highest BCUT2D eigenvalue weighted by Crippen LogP contribution is 2.34. The maximum Gasteiger partial charge on any atom is 0.329 e. The molecular formula is C45H55F2N9O6. The SMILES string of the molecule is CN(CCCOCCCc1cccc2c1n(C)c(=O)n2[C@H]1CCC(=O)CC1=O)CN1CCC(n2cc(NC(=O)c3coc(-c4ccnc(CCC5CC5)c4)n3)c(C(F)F)n2)CC1. The third-order valence-electron chi connectivity index (χ3n) is 12.4. The molecule has 0 radical (unpaired) electrons. The fourth-order valence-electron chi connectivity index (χ4n) is 8.85. The van der Waals surface area contributed by atoms with Gasteiger partial charge in [0.25, 0.3) is 12.3 Å². The number of ketones is 2. The van der Waals surface area contributed by atoms with E-state index in [1.165, 1.54) is 25.3 Å². The molecule has 1 aromatic carbocycles. The predicted molar refractivity (Wildman–Crippen MR) is 227 cm³/mol. The molecule has 1 aliphatic heterocycles. The van der Waals surface area contributed by atoms with E-state index in [4.69, 9.17) is 9.15 Å². The standard InChI is InChI=1S/C45H55F2N9O6/c1-52(19-5-23-61-22-4-7-30-6-3-8-38-41(30)53(2)45(60)56(38)37-14-13-34(57)25-39(37)58)28-54-20-16-33(17-21-54)55-26-35(40(51-55)42(46)47)49-43(59)36-27-62-44(50-36)31-15-18-48-32(24-31)12-11-29-9-10-29/h3,6,8,15,18,24,26-27,29,33,37,42H,4-5,7,9-14,16-17,19-23,25,28H2,1-2H3,(H,49,59)/t37-/m0/s1. The molecule has 2 saturated carbocycles. The number of benzene rings is 1. The molecule has 8 rings (SSSR count). The second-order valence-electron chi connectivity index (χ2n) is 17.1. The highest BCUT2D eigenvalue weighted by atomic mass is 19.3. The Morgan fingerprint density at radius 2 is 1.85 bits per heavy atom. The number of nitrogens with zero attached hydrogens (tertiary/aromatic N) is 8. The molecule has 1 amide bonds. The Hall–Kier alpha value is -5.39. The van der Waals surface area contributed by atoms with Crippen molar-refractivity contribution in [2.45, 2.75) is 95.6 Å². The average Bonchev–Trinajstić information content (AvgIpc) is 3.66. The number of oxazole rings is 1. The molecule has 15 nitrogen and oxygen atoms in total. The van der Waals surface area contributed by atoms with Crippen LogP contribution in [0.4, 0.5) is 14.5 Å². The van der Waals surface area contributed by atoms with Crippen molar-refractivity contribution in [3.05, 3.63) is 82.1 Å². The summed E-state index contributed by atoms with van der Waals surface area (Å²) in [5, 5.41) is 6.81. The number of alkyl halides is 2.